The molecule has 0 saturated carbocycles. The van der Waals surface area contributed by atoms with Crippen LogP contribution in [0.1, 0.15) is 40.9 Å². The number of nitrogens with one attached hydrogen (secondary N) is 2. The number of ether oxygens (including phenoxy) is 1. The van der Waals surface area contributed by atoms with Crippen molar-refractivity contribution in [2.24, 2.45) is 10.9 Å². The van der Waals surface area contributed by atoms with Gasteiger partial charge in [0.15, 0.2) is 5.78 Å². The average Bonchev–Trinajstić information content (AvgIpc) is 2.74. The van der Waals surface area contributed by atoms with E-state index in [1.165, 1.54) is 12.8 Å². The van der Waals surface area contributed by atoms with Crippen LogP contribution in [0, 0.1) is 12.8 Å². The lowest BCUT2D eigenvalue weighted by atomic mass is 9.98. The number of Topliss-reactive ketones (excluding diaryl/α,β-unsaturated/α-hetero) is 1. The average molecular weight is 393 g/mol. The molecule has 4 rings (SSSR count). The van der Waals surface area contributed by atoms with Crippen molar-refractivity contribution >= 4 is 17.2 Å². The maximum Gasteiger partial charge on any atom is 0.170 e. The van der Waals surface area contributed by atoms with Gasteiger partial charge in [0.05, 0.1) is 23.5 Å². The summed E-state index contributed by atoms with van der Waals surface area (Å²) in [5, 5.41) is 6.91. The molecule has 0 aliphatic carbocycles. The van der Waals surface area contributed by atoms with Crippen LogP contribution in [0.5, 0.6) is 5.75 Å². The first-order chi connectivity index (χ1) is 14.2. The number of benzene rings is 1. The number of para-hydroxylation sites is 1. The quantitative estimate of drug-likeness (QED) is 0.757. The van der Waals surface area contributed by atoms with E-state index in [-0.39, 0.29) is 5.78 Å². The molecule has 1 aromatic carbocycles. The second kappa shape index (κ2) is 9.29. The van der Waals surface area contributed by atoms with Crippen molar-refractivity contribution in [1.82, 2.24) is 15.6 Å². The van der Waals surface area contributed by atoms with Gasteiger partial charge in [-0.2, -0.15) is 0 Å². The Kier molecular flexibility index (Phi) is 6.32. The normalized spacial score (nSPS) is 17.0. The van der Waals surface area contributed by atoms with Gasteiger partial charge in [0.1, 0.15) is 12.4 Å². The Morgan fingerprint density at radius 3 is 2.86 bits per heavy atom. The molecule has 0 spiro atoms. The molecular weight excluding hydrogens is 364 g/mol. The molecule has 0 amide bonds. The van der Waals surface area contributed by atoms with Crippen LogP contribution < -0.4 is 15.4 Å². The van der Waals surface area contributed by atoms with Crippen molar-refractivity contribution in [3.8, 4) is 5.75 Å². The minimum atomic E-state index is 0.0837. The number of carbonyl (C=O) groups is 1. The Labute approximate surface area is 171 Å². The highest BCUT2D eigenvalue weighted by atomic mass is 16.5. The smallest absolute Gasteiger partial charge is 0.170 e. The summed E-state index contributed by atoms with van der Waals surface area (Å²) in [6.45, 7) is 6.09. The first-order valence-electron chi connectivity index (χ1n) is 10.4. The molecule has 0 bridgehead atoms. The molecule has 1 saturated heterocycles. The largest absolute Gasteiger partial charge is 0.487 e. The van der Waals surface area contributed by atoms with Gasteiger partial charge in [-0.25, -0.2) is 0 Å². The van der Waals surface area contributed by atoms with Crippen LogP contribution in [0.15, 0.2) is 41.5 Å². The molecule has 6 nitrogen and oxygen atoms in total. The summed E-state index contributed by atoms with van der Waals surface area (Å²) in [6.07, 6.45) is 4.40. The molecule has 0 atom stereocenters. The third-order valence-corrected chi connectivity index (χ3v) is 5.61. The number of piperidine rings is 1. The highest BCUT2D eigenvalue weighted by Crippen LogP contribution is 2.29. The highest BCUT2D eigenvalue weighted by Gasteiger charge is 2.23. The van der Waals surface area contributed by atoms with E-state index in [1.54, 1.807) is 12.3 Å². The summed E-state index contributed by atoms with van der Waals surface area (Å²) in [5.41, 5.74) is 4.01. The van der Waals surface area contributed by atoms with Crippen molar-refractivity contribution in [3.63, 3.8) is 0 Å². The number of pyridine rings is 1. The first kappa shape index (κ1) is 19.7. The van der Waals surface area contributed by atoms with Gasteiger partial charge in [0.2, 0.25) is 0 Å². The van der Waals surface area contributed by atoms with Gasteiger partial charge in [-0.05, 0) is 63.0 Å². The monoisotopic (exact) mass is 392 g/mol. The van der Waals surface area contributed by atoms with Crippen LogP contribution in [0.25, 0.3) is 0 Å². The van der Waals surface area contributed by atoms with E-state index in [9.17, 15) is 4.79 Å². The lowest BCUT2D eigenvalue weighted by molar-refractivity contribution is 0.0998. The number of nitrogens with zero attached hydrogens (tertiary/aromatic N) is 2. The molecule has 3 heterocycles. The van der Waals surface area contributed by atoms with Gasteiger partial charge < -0.3 is 15.4 Å². The Balaban J connectivity index is 1.44. The molecule has 6 heteroatoms. The van der Waals surface area contributed by atoms with E-state index in [4.69, 9.17) is 9.73 Å². The lowest BCUT2D eigenvalue weighted by Gasteiger charge is -2.23. The van der Waals surface area contributed by atoms with E-state index in [0.717, 1.165) is 42.4 Å². The molecule has 152 valence electrons. The molecule has 1 aromatic heterocycles. The van der Waals surface area contributed by atoms with Gasteiger partial charge in [0.25, 0.3) is 0 Å². The maximum absolute atomic E-state index is 12.7. The van der Waals surface area contributed by atoms with Crippen molar-refractivity contribution in [2.75, 3.05) is 26.2 Å². The van der Waals surface area contributed by atoms with Crippen LogP contribution in [0.3, 0.4) is 0 Å². The number of aliphatic imine (C=N–C) groups is 1. The van der Waals surface area contributed by atoms with Gasteiger partial charge in [-0.15, -0.1) is 0 Å². The van der Waals surface area contributed by atoms with Crippen LogP contribution in [0.4, 0.5) is 5.69 Å². The minimum Gasteiger partial charge on any atom is -0.487 e. The number of fused-ring (bicyclic) bond motifs is 1. The zero-order valence-corrected chi connectivity index (χ0v) is 16.9. The molecule has 2 N–H and O–H groups in total. The lowest BCUT2D eigenvalue weighted by Crippen LogP contribution is -2.33. The summed E-state index contributed by atoms with van der Waals surface area (Å²) in [4.78, 5) is 21.9. The molecule has 29 heavy (non-hydrogen) atoms. The Morgan fingerprint density at radius 2 is 2.03 bits per heavy atom. The highest BCUT2D eigenvalue weighted by molar-refractivity contribution is 6.16. The molecule has 0 radical (unpaired) electrons. The van der Waals surface area contributed by atoms with E-state index in [1.807, 2.05) is 31.2 Å². The molecule has 2 aromatic rings. The fourth-order valence-corrected chi connectivity index (χ4v) is 3.90. The van der Waals surface area contributed by atoms with Crippen molar-refractivity contribution < 1.29 is 9.53 Å². The zero-order valence-electron chi connectivity index (χ0n) is 16.9. The summed E-state index contributed by atoms with van der Waals surface area (Å²) < 4.78 is 5.92. The number of ketones is 1. The maximum atomic E-state index is 12.7. The number of hydrogen-bond acceptors (Lipinski definition) is 6. The minimum absolute atomic E-state index is 0.0837. The topological polar surface area (TPSA) is 75.6 Å². The number of hydrogen-bond donors (Lipinski definition) is 2. The van der Waals surface area contributed by atoms with E-state index < -0.39 is 0 Å². The molecule has 0 unspecified atom stereocenters. The van der Waals surface area contributed by atoms with Crippen LogP contribution in [0.2, 0.25) is 0 Å². The number of aryl methyl sites for hydroxylation is 1. The zero-order chi connectivity index (χ0) is 20.1. The molecule has 1 fully saturated rings. The number of aromatic nitrogens is 1. The molecule has 2 aliphatic heterocycles. The predicted octanol–water partition coefficient (Wildman–Crippen LogP) is 3.22. The van der Waals surface area contributed by atoms with Crippen molar-refractivity contribution in [3.05, 3.63) is 53.3 Å². The van der Waals surface area contributed by atoms with E-state index in [0.29, 0.717) is 36.7 Å². The summed E-state index contributed by atoms with van der Waals surface area (Å²) in [7, 11) is 0. The van der Waals surface area contributed by atoms with Crippen molar-refractivity contribution in [2.45, 2.75) is 32.7 Å². The van der Waals surface area contributed by atoms with E-state index >= 15 is 0 Å². The Morgan fingerprint density at radius 1 is 1.21 bits per heavy atom. The van der Waals surface area contributed by atoms with Crippen LogP contribution in [-0.2, 0) is 6.54 Å². The third-order valence-electron chi connectivity index (χ3n) is 5.61. The van der Waals surface area contributed by atoms with Crippen molar-refractivity contribution in [1.29, 1.82) is 0 Å². The van der Waals surface area contributed by atoms with Crippen LogP contribution >= 0.6 is 0 Å². The van der Waals surface area contributed by atoms with E-state index in [2.05, 4.69) is 15.6 Å². The molecular formula is C23H28N4O2. The number of carbonyl (C=O) groups excluding carboxylic acids is 1. The summed E-state index contributed by atoms with van der Waals surface area (Å²) >= 11 is 0. The van der Waals surface area contributed by atoms with Gasteiger partial charge >= 0.3 is 0 Å². The fraction of sp³-hybridized carbons (Fsp3) is 0.435. The first-order valence-corrected chi connectivity index (χ1v) is 10.4. The van der Waals surface area contributed by atoms with Gasteiger partial charge in [-0.3, -0.25) is 14.8 Å². The predicted molar refractivity (Wildman–Crippen MR) is 114 cm³/mol. The third kappa shape index (κ3) is 4.89. The second-order valence-corrected chi connectivity index (χ2v) is 7.81. The SMILES string of the molecule is Cc1ccccc1OCC1=Nc2c(ccnc2CNCC2CCNCC2)C(=O)C1. The summed E-state index contributed by atoms with van der Waals surface area (Å²) in [5.74, 6) is 1.60. The summed E-state index contributed by atoms with van der Waals surface area (Å²) in [6, 6.07) is 9.65. The standard InChI is InChI=1S/C23H28N4O2/c1-16-4-2-3-5-22(16)29-15-18-12-21(28)19-8-11-26-20(23(19)27-18)14-25-13-17-6-9-24-10-7-17/h2-5,8,11,17,24-25H,6-7,9-10,12-15H2,1H3. The fourth-order valence-electron chi connectivity index (χ4n) is 3.90. The number of rotatable bonds is 7. The second-order valence-electron chi connectivity index (χ2n) is 7.81. The van der Waals surface area contributed by atoms with Gasteiger partial charge in [-0.1, -0.05) is 18.2 Å². The van der Waals surface area contributed by atoms with Crippen LogP contribution in [-0.4, -0.2) is 42.7 Å². The molecule has 2 aliphatic rings. The van der Waals surface area contributed by atoms with Gasteiger partial charge in [0, 0.05) is 18.3 Å². The Hall–Kier alpha value is -2.57. The Bertz CT molecular complexity index is 904.